The minimum Gasteiger partial charge on any atom is -0.300 e. The maximum Gasteiger partial charge on any atom is 0.150 e. The van der Waals surface area contributed by atoms with Crippen LogP contribution in [0.1, 0.15) is 10.4 Å². The fourth-order valence-electron chi connectivity index (χ4n) is 1.93. The molecule has 0 aliphatic carbocycles. The number of carbonyl (C=O) groups excluding carboxylic acids is 1. The Morgan fingerprint density at radius 2 is 2.11 bits per heavy atom. The van der Waals surface area contributed by atoms with E-state index in [1.807, 2.05) is 4.40 Å². The number of imidazole rings is 1. The highest BCUT2D eigenvalue weighted by atomic mass is 19.1. The van der Waals surface area contributed by atoms with E-state index in [1.165, 1.54) is 12.1 Å². The molecule has 0 spiro atoms. The molecule has 0 aliphatic heterocycles. The van der Waals surface area contributed by atoms with Crippen LogP contribution in [0.2, 0.25) is 0 Å². The van der Waals surface area contributed by atoms with Crippen molar-refractivity contribution in [3.8, 4) is 11.4 Å². The molecule has 0 atom stereocenters. The van der Waals surface area contributed by atoms with Gasteiger partial charge in [-0.1, -0.05) is 12.1 Å². The summed E-state index contributed by atoms with van der Waals surface area (Å²) in [6.45, 7) is 0. The average molecular weight is 240 g/mol. The second-order valence-corrected chi connectivity index (χ2v) is 3.96. The second kappa shape index (κ2) is 4.07. The average Bonchev–Trinajstić information content (AvgIpc) is 2.81. The third kappa shape index (κ3) is 1.68. The molecule has 0 N–H and O–H groups in total. The molecule has 3 rings (SSSR count). The highest BCUT2D eigenvalue weighted by Crippen LogP contribution is 2.20. The summed E-state index contributed by atoms with van der Waals surface area (Å²) in [5.41, 5.74) is 2.10. The minimum absolute atomic E-state index is 0.297. The Bertz CT molecular complexity index is 733. The molecule has 4 heteroatoms. The zero-order valence-electron chi connectivity index (χ0n) is 9.38. The summed E-state index contributed by atoms with van der Waals surface area (Å²) in [6.07, 6.45) is 4.20. The van der Waals surface area contributed by atoms with Crippen LogP contribution < -0.4 is 0 Å². The van der Waals surface area contributed by atoms with Crippen molar-refractivity contribution in [3.05, 3.63) is 60.2 Å². The molecule has 3 aromatic rings. The summed E-state index contributed by atoms with van der Waals surface area (Å²) in [5.74, 6) is 0.357. The lowest BCUT2D eigenvalue weighted by molar-refractivity contribution is 0.112. The maximum atomic E-state index is 13.2. The summed E-state index contributed by atoms with van der Waals surface area (Å²) in [6, 6.07) is 9.70. The molecule has 0 fully saturated rings. The standard InChI is InChI=1S/C14H9FN2O/c15-12-3-1-2-11(7-12)14-16-8-13-6-10(9-18)4-5-17(13)14/h1-9H. The predicted molar refractivity (Wildman–Crippen MR) is 66.0 cm³/mol. The topological polar surface area (TPSA) is 34.4 Å². The van der Waals surface area contributed by atoms with E-state index in [-0.39, 0.29) is 5.82 Å². The summed E-state index contributed by atoms with van der Waals surface area (Å²) in [7, 11) is 0. The molecule has 0 radical (unpaired) electrons. The van der Waals surface area contributed by atoms with Gasteiger partial charge in [-0.05, 0) is 24.3 Å². The van der Waals surface area contributed by atoms with Crippen molar-refractivity contribution in [2.45, 2.75) is 0 Å². The summed E-state index contributed by atoms with van der Waals surface area (Å²) in [5, 5.41) is 0. The van der Waals surface area contributed by atoms with Gasteiger partial charge in [0, 0.05) is 17.3 Å². The van der Waals surface area contributed by atoms with E-state index in [9.17, 15) is 9.18 Å². The van der Waals surface area contributed by atoms with E-state index < -0.39 is 0 Å². The van der Waals surface area contributed by atoms with E-state index in [1.54, 1.807) is 36.7 Å². The molecule has 0 amide bonds. The first-order valence-electron chi connectivity index (χ1n) is 5.46. The zero-order valence-corrected chi connectivity index (χ0v) is 9.38. The highest BCUT2D eigenvalue weighted by Gasteiger charge is 2.07. The first kappa shape index (κ1) is 10.7. The van der Waals surface area contributed by atoms with Crippen molar-refractivity contribution in [2.75, 3.05) is 0 Å². The van der Waals surface area contributed by atoms with Gasteiger partial charge in [-0.3, -0.25) is 9.20 Å². The smallest absolute Gasteiger partial charge is 0.150 e. The van der Waals surface area contributed by atoms with Crippen LogP contribution in [0.5, 0.6) is 0 Å². The van der Waals surface area contributed by atoms with Crippen LogP contribution in [-0.2, 0) is 0 Å². The van der Waals surface area contributed by atoms with Crippen molar-refractivity contribution in [3.63, 3.8) is 0 Å². The van der Waals surface area contributed by atoms with Crippen LogP contribution >= 0.6 is 0 Å². The first-order valence-corrected chi connectivity index (χ1v) is 5.46. The second-order valence-electron chi connectivity index (χ2n) is 3.96. The van der Waals surface area contributed by atoms with E-state index in [0.29, 0.717) is 17.0 Å². The van der Waals surface area contributed by atoms with Crippen molar-refractivity contribution >= 4 is 11.8 Å². The van der Waals surface area contributed by atoms with E-state index in [2.05, 4.69) is 4.98 Å². The summed E-state index contributed by atoms with van der Waals surface area (Å²) in [4.78, 5) is 15.0. The van der Waals surface area contributed by atoms with Gasteiger partial charge >= 0.3 is 0 Å². The number of halogens is 1. The number of hydrogen-bond acceptors (Lipinski definition) is 2. The number of aromatic nitrogens is 2. The largest absolute Gasteiger partial charge is 0.300 e. The SMILES string of the molecule is O=Cc1ccn2c(-c3cccc(F)c3)ncc2c1. The fourth-order valence-corrected chi connectivity index (χ4v) is 1.93. The van der Waals surface area contributed by atoms with Gasteiger partial charge < -0.3 is 0 Å². The molecule has 0 saturated carbocycles. The lowest BCUT2D eigenvalue weighted by Gasteiger charge is -2.02. The molecule has 1 aromatic carbocycles. The Morgan fingerprint density at radius 3 is 2.89 bits per heavy atom. The number of rotatable bonds is 2. The summed E-state index contributed by atoms with van der Waals surface area (Å²) >= 11 is 0. The van der Waals surface area contributed by atoms with Gasteiger partial charge in [-0.25, -0.2) is 9.37 Å². The van der Waals surface area contributed by atoms with Gasteiger partial charge in [0.1, 0.15) is 17.9 Å². The molecule has 18 heavy (non-hydrogen) atoms. The van der Waals surface area contributed by atoms with Gasteiger partial charge in [-0.2, -0.15) is 0 Å². The molecular weight excluding hydrogens is 231 g/mol. The predicted octanol–water partition coefficient (Wildman–Crippen LogP) is 2.95. The molecule has 0 bridgehead atoms. The number of pyridine rings is 1. The highest BCUT2D eigenvalue weighted by molar-refractivity contribution is 5.78. The minimum atomic E-state index is -0.297. The fraction of sp³-hybridized carbons (Fsp3) is 0. The van der Waals surface area contributed by atoms with Crippen molar-refractivity contribution in [1.82, 2.24) is 9.38 Å². The third-order valence-corrected chi connectivity index (χ3v) is 2.77. The maximum absolute atomic E-state index is 13.2. The molecule has 0 aliphatic rings. The number of benzene rings is 1. The van der Waals surface area contributed by atoms with Crippen molar-refractivity contribution < 1.29 is 9.18 Å². The Morgan fingerprint density at radius 1 is 1.22 bits per heavy atom. The quantitative estimate of drug-likeness (QED) is 0.645. The Balaban J connectivity index is 2.21. The number of nitrogens with zero attached hydrogens (tertiary/aromatic N) is 2. The van der Waals surface area contributed by atoms with Crippen LogP contribution in [0.15, 0.2) is 48.8 Å². The Labute approximate surface area is 103 Å². The van der Waals surface area contributed by atoms with Gasteiger partial charge in [0.15, 0.2) is 0 Å². The Hall–Kier alpha value is -2.49. The molecule has 0 unspecified atom stereocenters. The third-order valence-electron chi connectivity index (χ3n) is 2.77. The first-order chi connectivity index (χ1) is 8.78. The van der Waals surface area contributed by atoms with Crippen LogP contribution in [0.25, 0.3) is 16.9 Å². The van der Waals surface area contributed by atoms with Crippen LogP contribution in [0.4, 0.5) is 4.39 Å². The number of carbonyl (C=O) groups is 1. The van der Waals surface area contributed by atoms with E-state index >= 15 is 0 Å². The van der Waals surface area contributed by atoms with E-state index in [4.69, 9.17) is 0 Å². The lowest BCUT2D eigenvalue weighted by Crippen LogP contribution is -1.91. The zero-order chi connectivity index (χ0) is 12.5. The van der Waals surface area contributed by atoms with Crippen LogP contribution in [-0.4, -0.2) is 15.7 Å². The number of aldehydes is 1. The number of fused-ring (bicyclic) bond motifs is 1. The molecular formula is C14H9FN2O. The van der Waals surface area contributed by atoms with Crippen LogP contribution in [0, 0.1) is 5.82 Å². The van der Waals surface area contributed by atoms with Gasteiger partial charge in [-0.15, -0.1) is 0 Å². The normalized spacial score (nSPS) is 10.7. The number of hydrogen-bond donors (Lipinski definition) is 0. The van der Waals surface area contributed by atoms with Gasteiger partial charge in [0.25, 0.3) is 0 Å². The molecule has 2 aromatic heterocycles. The molecule has 0 saturated heterocycles. The van der Waals surface area contributed by atoms with Crippen molar-refractivity contribution in [2.24, 2.45) is 0 Å². The van der Waals surface area contributed by atoms with Crippen molar-refractivity contribution in [1.29, 1.82) is 0 Å². The van der Waals surface area contributed by atoms with E-state index in [0.717, 1.165) is 11.8 Å². The van der Waals surface area contributed by atoms with Crippen LogP contribution in [0.3, 0.4) is 0 Å². The molecule has 3 nitrogen and oxygen atoms in total. The monoisotopic (exact) mass is 240 g/mol. The Kier molecular flexibility index (Phi) is 2.41. The molecule has 88 valence electrons. The molecule has 2 heterocycles. The van der Waals surface area contributed by atoms with Gasteiger partial charge in [0.05, 0.1) is 11.7 Å². The van der Waals surface area contributed by atoms with Gasteiger partial charge in [0.2, 0.25) is 0 Å². The summed E-state index contributed by atoms with van der Waals surface area (Å²) < 4.78 is 15.0. The lowest BCUT2D eigenvalue weighted by atomic mass is 10.2.